The molecule has 0 spiro atoms. The van der Waals surface area contributed by atoms with E-state index in [2.05, 4.69) is 40.5 Å². The van der Waals surface area contributed by atoms with Crippen LogP contribution in [0.25, 0.3) is 11.2 Å². The Morgan fingerprint density at radius 3 is 2.38 bits per heavy atom. The van der Waals surface area contributed by atoms with Gasteiger partial charge in [-0.25, -0.2) is 28.6 Å². The van der Waals surface area contributed by atoms with Crippen LogP contribution in [-0.4, -0.2) is 123 Å². The number of allylic oxidation sites excluding steroid dienone is 6. The van der Waals surface area contributed by atoms with Gasteiger partial charge in [0.2, 0.25) is 11.8 Å². The molecule has 354 valence electrons. The van der Waals surface area contributed by atoms with E-state index in [1.54, 1.807) is 0 Å². The summed E-state index contributed by atoms with van der Waals surface area (Å²) in [6.07, 6.45) is 10.3. The maximum atomic E-state index is 12.7. The van der Waals surface area contributed by atoms with Crippen molar-refractivity contribution in [3.63, 3.8) is 0 Å². The topological polar surface area (TPSA) is 364 Å². The first kappa shape index (κ1) is 54.1. The van der Waals surface area contributed by atoms with Gasteiger partial charge in [-0.1, -0.05) is 74.9 Å². The molecular formula is C35H56N7O17P3S. The molecule has 2 amide bonds. The molecule has 2 aromatic rings. The molecule has 0 bridgehead atoms. The Morgan fingerprint density at radius 2 is 1.67 bits per heavy atom. The van der Waals surface area contributed by atoms with Crippen LogP contribution in [0, 0.1) is 5.41 Å². The minimum absolute atomic E-state index is 0.0308. The maximum Gasteiger partial charge on any atom is 0.481 e. The number of unbranched alkanes of at least 4 members (excludes halogenated alkanes) is 4. The Kier molecular flexibility index (Phi) is 21.9. The number of carbonyl (C=O) groups is 3. The van der Waals surface area contributed by atoms with E-state index in [-0.39, 0.29) is 41.6 Å². The van der Waals surface area contributed by atoms with Crippen LogP contribution in [0.1, 0.15) is 71.9 Å². The van der Waals surface area contributed by atoms with Crippen molar-refractivity contribution in [2.45, 2.75) is 96.4 Å². The number of phosphoric ester groups is 3. The predicted molar refractivity (Wildman–Crippen MR) is 228 cm³/mol. The number of hydrogen-bond acceptors (Lipinski definition) is 18. The monoisotopic (exact) mass is 971 g/mol. The van der Waals surface area contributed by atoms with Gasteiger partial charge in [0.05, 0.1) is 19.5 Å². The van der Waals surface area contributed by atoms with Crippen molar-refractivity contribution in [3.05, 3.63) is 49.1 Å². The third-order valence-electron chi connectivity index (χ3n) is 8.93. The number of anilines is 1. The first-order chi connectivity index (χ1) is 29.6. The summed E-state index contributed by atoms with van der Waals surface area (Å²) in [5.74, 6) is -1.06. The third kappa shape index (κ3) is 19.0. The van der Waals surface area contributed by atoms with Crippen LogP contribution in [0.3, 0.4) is 0 Å². The molecule has 0 saturated carbocycles. The molecule has 28 heteroatoms. The molecule has 3 heterocycles. The fraction of sp³-hybridized carbons (Fsp3) is 0.600. The van der Waals surface area contributed by atoms with Gasteiger partial charge in [-0.05, 0) is 26.2 Å². The van der Waals surface area contributed by atoms with E-state index in [1.807, 2.05) is 37.3 Å². The number of aliphatic hydroxyl groups excluding tert-OH is 2. The molecule has 0 radical (unpaired) electrons. The number of nitrogens with zero attached hydrogens (tertiary/aromatic N) is 4. The summed E-state index contributed by atoms with van der Waals surface area (Å²) in [7, 11) is -16.4. The van der Waals surface area contributed by atoms with E-state index in [1.165, 1.54) is 13.8 Å². The SMILES string of the molecule is C/C=C/C=C/C=C/CCCCCCC(=O)SCCNC(=O)CCNC(=O)C(O)C(C)(C)COP(=O)(O)OP(=O)(O)OCC1OC(n2cnc3c(N)ncnc32)C(O)C1OP(=O)(O)O. The zero-order chi connectivity index (χ0) is 46.8. The molecular weight excluding hydrogens is 915 g/mol. The van der Waals surface area contributed by atoms with Gasteiger partial charge in [-0.2, -0.15) is 4.31 Å². The van der Waals surface area contributed by atoms with Crippen molar-refractivity contribution < 1.29 is 80.5 Å². The second-order valence-electron chi connectivity index (χ2n) is 14.6. The second-order valence-corrected chi connectivity index (χ2v) is 20.0. The average Bonchev–Trinajstić information content (AvgIpc) is 3.76. The summed E-state index contributed by atoms with van der Waals surface area (Å²) in [6.45, 7) is 2.48. The Morgan fingerprint density at radius 1 is 0.968 bits per heavy atom. The molecule has 3 rings (SSSR count). The number of rotatable bonds is 28. The van der Waals surface area contributed by atoms with Gasteiger partial charge < -0.3 is 50.9 Å². The van der Waals surface area contributed by atoms with Crippen LogP contribution in [0.4, 0.5) is 5.82 Å². The summed E-state index contributed by atoms with van der Waals surface area (Å²) in [5.41, 5.74) is 4.27. The van der Waals surface area contributed by atoms with E-state index >= 15 is 0 Å². The number of nitrogens with two attached hydrogens (primary N) is 1. The molecule has 0 aromatic carbocycles. The molecule has 24 nitrogen and oxygen atoms in total. The van der Waals surface area contributed by atoms with Gasteiger partial charge in [-0.15, -0.1) is 0 Å². The zero-order valence-electron chi connectivity index (χ0n) is 34.8. The van der Waals surface area contributed by atoms with E-state index in [4.69, 9.17) is 19.5 Å². The quantitative estimate of drug-likeness (QED) is 0.0336. The number of carbonyl (C=O) groups excluding carboxylic acids is 3. The van der Waals surface area contributed by atoms with Crippen molar-refractivity contribution in [2.75, 3.05) is 37.8 Å². The highest BCUT2D eigenvalue weighted by atomic mass is 32.2. The lowest BCUT2D eigenvalue weighted by Crippen LogP contribution is -2.46. The van der Waals surface area contributed by atoms with Crippen LogP contribution in [0.15, 0.2) is 49.1 Å². The number of thioether (sulfide) groups is 1. The van der Waals surface area contributed by atoms with Crippen LogP contribution < -0.4 is 16.4 Å². The molecule has 0 aliphatic carbocycles. The van der Waals surface area contributed by atoms with Crippen molar-refractivity contribution in [1.29, 1.82) is 0 Å². The molecule has 10 N–H and O–H groups in total. The van der Waals surface area contributed by atoms with E-state index < -0.39 is 84.6 Å². The number of aliphatic hydroxyl groups is 2. The fourth-order valence-electron chi connectivity index (χ4n) is 5.67. The third-order valence-corrected chi connectivity index (χ3v) is 13.0. The Labute approximate surface area is 367 Å². The highest BCUT2D eigenvalue weighted by Crippen LogP contribution is 2.61. The largest absolute Gasteiger partial charge is 0.481 e. The summed E-state index contributed by atoms with van der Waals surface area (Å²) < 4.78 is 62.3. The lowest BCUT2D eigenvalue weighted by molar-refractivity contribution is -0.137. The molecule has 2 aromatic heterocycles. The van der Waals surface area contributed by atoms with Gasteiger partial charge in [-0.3, -0.25) is 32.5 Å². The number of phosphoric acid groups is 3. The Balaban J connectivity index is 1.37. The minimum Gasteiger partial charge on any atom is -0.386 e. The minimum atomic E-state index is -5.58. The van der Waals surface area contributed by atoms with Gasteiger partial charge in [0.15, 0.2) is 22.8 Å². The van der Waals surface area contributed by atoms with Crippen molar-refractivity contribution in [1.82, 2.24) is 30.2 Å². The maximum absolute atomic E-state index is 12.7. The zero-order valence-corrected chi connectivity index (χ0v) is 38.3. The lowest BCUT2D eigenvalue weighted by Gasteiger charge is -2.30. The number of nitrogens with one attached hydrogen (secondary N) is 2. The normalized spacial score (nSPS) is 21.0. The first-order valence-electron chi connectivity index (χ1n) is 19.5. The van der Waals surface area contributed by atoms with Crippen LogP contribution >= 0.6 is 35.2 Å². The fourth-order valence-corrected chi connectivity index (χ4v) is 9.22. The number of aromatic nitrogens is 4. The van der Waals surface area contributed by atoms with Crippen molar-refractivity contribution in [3.8, 4) is 0 Å². The molecule has 1 saturated heterocycles. The number of amides is 2. The smallest absolute Gasteiger partial charge is 0.386 e. The lowest BCUT2D eigenvalue weighted by atomic mass is 9.87. The Bertz CT molecular complexity index is 2070. The van der Waals surface area contributed by atoms with Crippen molar-refractivity contribution in [2.24, 2.45) is 5.41 Å². The molecule has 63 heavy (non-hydrogen) atoms. The van der Waals surface area contributed by atoms with Gasteiger partial charge in [0, 0.05) is 37.1 Å². The summed E-state index contributed by atoms with van der Waals surface area (Å²) in [4.78, 5) is 88.1. The number of nitrogen functional groups attached to an aromatic ring is 1. The number of fused-ring (bicyclic) bond motifs is 1. The van der Waals surface area contributed by atoms with Gasteiger partial charge >= 0.3 is 23.5 Å². The molecule has 1 aliphatic rings. The van der Waals surface area contributed by atoms with E-state index in [0.29, 0.717) is 12.2 Å². The summed E-state index contributed by atoms with van der Waals surface area (Å²) >= 11 is 1.13. The number of hydrogen-bond donors (Lipinski definition) is 9. The van der Waals surface area contributed by atoms with E-state index in [0.717, 1.165) is 61.1 Å². The summed E-state index contributed by atoms with van der Waals surface area (Å²) in [6, 6.07) is 0. The van der Waals surface area contributed by atoms with Gasteiger partial charge in [0.1, 0.15) is 36.3 Å². The number of imidazole rings is 1. The summed E-state index contributed by atoms with van der Waals surface area (Å²) in [5, 5.41) is 26.6. The average molecular weight is 972 g/mol. The predicted octanol–water partition coefficient (Wildman–Crippen LogP) is 2.69. The Hall–Kier alpha value is -3.22. The molecule has 1 fully saturated rings. The number of ether oxygens (including phenoxy) is 1. The second kappa shape index (κ2) is 25.5. The van der Waals surface area contributed by atoms with Crippen LogP contribution in [0.5, 0.6) is 0 Å². The highest BCUT2D eigenvalue weighted by Gasteiger charge is 2.50. The molecule has 7 atom stereocenters. The first-order valence-corrected chi connectivity index (χ1v) is 25.1. The highest BCUT2D eigenvalue weighted by molar-refractivity contribution is 8.13. The molecule has 1 aliphatic heterocycles. The van der Waals surface area contributed by atoms with E-state index in [9.17, 15) is 57.9 Å². The molecule has 7 unspecified atom stereocenters. The van der Waals surface area contributed by atoms with Crippen LogP contribution in [0.2, 0.25) is 0 Å². The standard InChI is InChI=1S/C35H56N7O17P3S/c1-4-5-6-7-8-9-10-11-12-13-14-15-26(44)63-19-18-37-25(43)16-17-38-33(47)30(46)35(2,3)21-56-62(53,54)59-61(51,52)55-20-24-29(58-60(48,49)50)28(45)34(57-24)42-23-41-27-31(36)39-22-40-32(27)42/h4-9,22-24,28-30,34,45-46H,10-21H2,1-3H3,(H,37,43)(H,38,47)(H,51,52)(H,53,54)(H2,36,39,40)(H2,48,49,50)/b5-4+,7-6+,9-8+. The van der Waals surface area contributed by atoms with Crippen molar-refractivity contribution >= 4 is 69.1 Å². The van der Waals surface area contributed by atoms with Gasteiger partial charge in [0.25, 0.3) is 0 Å². The van der Waals surface area contributed by atoms with Crippen LogP contribution in [-0.2, 0) is 50.7 Å².